The first-order chi connectivity index (χ1) is 13.5. The Bertz CT molecular complexity index is 1220. The molecule has 28 heavy (non-hydrogen) atoms. The Morgan fingerprint density at radius 3 is 2.36 bits per heavy atom. The zero-order valence-corrected chi connectivity index (χ0v) is 16.7. The molecule has 0 spiro atoms. The van der Waals surface area contributed by atoms with Gasteiger partial charge < -0.3 is 9.15 Å². The number of nitrogens with zero attached hydrogens (tertiary/aromatic N) is 1. The van der Waals surface area contributed by atoms with Crippen LogP contribution in [-0.2, 0) is 0 Å². The van der Waals surface area contributed by atoms with Gasteiger partial charge in [0.25, 0.3) is 0 Å². The first-order valence-electron chi connectivity index (χ1n) is 9.03. The van der Waals surface area contributed by atoms with Gasteiger partial charge in [0.15, 0.2) is 0 Å². The zero-order chi connectivity index (χ0) is 19.7. The van der Waals surface area contributed by atoms with Crippen molar-refractivity contribution in [1.29, 1.82) is 0 Å². The predicted molar refractivity (Wildman–Crippen MR) is 114 cm³/mol. The fourth-order valence-corrected chi connectivity index (χ4v) is 3.18. The molecule has 1 heterocycles. The molecular formula is C24H20ClNO2. The Labute approximate surface area is 168 Å². The van der Waals surface area contributed by atoms with E-state index >= 15 is 0 Å². The molecule has 0 bridgehead atoms. The number of hydrogen-bond donors (Lipinski definition) is 0. The molecule has 0 aliphatic rings. The van der Waals surface area contributed by atoms with Crippen LogP contribution in [0.15, 0.2) is 76.1 Å². The van der Waals surface area contributed by atoms with Crippen molar-refractivity contribution in [3.05, 3.63) is 88.2 Å². The fraction of sp³-hybridized carbons (Fsp3) is 0.125. The second-order valence-electron chi connectivity index (χ2n) is 6.75. The first kappa shape index (κ1) is 18.3. The molecule has 0 saturated carbocycles. The summed E-state index contributed by atoms with van der Waals surface area (Å²) >= 11 is 6.03. The van der Waals surface area contributed by atoms with Crippen molar-refractivity contribution >= 4 is 28.3 Å². The highest BCUT2D eigenvalue weighted by atomic mass is 35.5. The average molecular weight is 390 g/mol. The third kappa shape index (κ3) is 3.67. The van der Waals surface area contributed by atoms with Gasteiger partial charge in [-0.1, -0.05) is 17.7 Å². The summed E-state index contributed by atoms with van der Waals surface area (Å²) in [6.07, 6.45) is 0. The largest absolute Gasteiger partial charge is 0.497 e. The lowest BCUT2D eigenvalue weighted by molar-refractivity contribution is 0.415. The third-order valence-electron chi connectivity index (χ3n) is 4.82. The van der Waals surface area contributed by atoms with Crippen LogP contribution in [0.25, 0.3) is 22.3 Å². The third-order valence-corrected chi connectivity index (χ3v) is 5.07. The van der Waals surface area contributed by atoms with Crippen LogP contribution in [0.4, 0.5) is 5.69 Å². The minimum absolute atomic E-state index is 0.689. The standard InChI is InChI=1S/C24H20ClNO2/c1-15-4-9-19(12-16(15)2)26-22-14-24(17-5-7-18(25)8-6-17)28-23-11-10-20(27-3)13-21(22)23/h4-14H,1-3H3. The Hall–Kier alpha value is -3.04. The van der Waals surface area contributed by atoms with Gasteiger partial charge in [-0.05, 0) is 79.6 Å². The molecule has 0 amide bonds. The van der Waals surface area contributed by atoms with Crippen molar-refractivity contribution in [2.24, 2.45) is 4.99 Å². The molecule has 140 valence electrons. The van der Waals surface area contributed by atoms with Gasteiger partial charge in [0.1, 0.15) is 17.1 Å². The molecule has 1 aromatic heterocycles. The van der Waals surface area contributed by atoms with Crippen molar-refractivity contribution in [3.63, 3.8) is 0 Å². The number of fused-ring (bicyclic) bond motifs is 1. The van der Waals surface area contributed by atoms with E-state index in [2.05, 4.69) is 26.0 Å². The van der Waals surface area contributed by atoms with Crippen LogP contribution in [0.1, 0.15) is 11.1 Å². The Balaban J connectivity index is 1.98. The van der Waals surface area contributed by atoms with E-state index < -0.39 is 0 Å². The van der Waals surface area contributed by atoms with Crippen LogP contribution in [0.5, 0.6) is 5.75 Å². The van der Waals surface area contributed by atoms with E-state index in [-0.39, 0.29) is 0 Å². The average Bonchev–Trinajstić information content (AvgIpc) is 2.71. The number of methoxy groups -OCH3 is 1. The van der Waals surface area contributed by atoms with Gasteiger partial charge in [0, 0.05) is 22.0 Å². The molecule has 4 rings (SSSR count). The molecule has 0 radical (unpaired) electrons. The molecule has 4 aromatic rings. The summed E-state index contributed by atoms with van der Waals surface area (Å²) in [5, 5.41) is 2.41. The molecule has 0 saturated heterocycles. The molecule has 4 heteroatoms. The Kier molecular flexibility index (Phi) is 4.93. The van der Waals surface area contributed by atoms with Gasteiger partial charge >= 0.3 is 0 Å². The molecule has 3 nitrogen and oxygen atoms in total. The van der Waals surface area contributed by atoms with E-state index in [1.807, 2.05) is 54.6 Å². The highest BCUT2D eigenvalue weighted by Gasteiger charge is 2.08. The molecule has 0 fully saturated rings. The number of benzene rings is 3. The molecule has 0 aliphatic carbocycles. The summed E-state index contributed by atoms with van der Waals surface area (Å²) in [7, 11) is 1.65. The summed E-state index contributed by atoms with van der Waals surface area (Å²) in [4.78, 5) is 4.91. The molecule has 3 aromatic carbocycles. The number of rotatable bonds is 3. The summed E-state index contributed by atoms with van der Waals surface area (Å²) in [6, 6.07) is 21.5. The second kappa shape index (κ2) is 7.53. The quantitative estimate of drug-likeness (QED) is 0.395. The molecular weight excluding hydrogens is 370 g/mol. The molecule has 0 unspecified atom stereocenters. The summed E-state index contributed by atoms with van der Waals surface area (Å²) in [6.45, 7) is 4.19. The smallest absolute Gasteiger partial charge is 0.137 e. The van der Waals surface area contributed by atoms with Gasteiger partial charge in [-0.25, -0.2) is 4.99 Å². The normalized spacial score (nSPS) is 11.8. The fourth-order valence-electron chi connectivity index (χ4n) is 3.06. The summed E-state index contributed by atoms with van der Waals surface area (Å²) in [5.41, 5.74) is 5.05. The number of aryl methyl sites for hydroxylation is 2. The van der Waals surface area contributed by atoms with Crippen LogP contribution in [0.3, 0.4) is 0 Å². The van der Waals surface area contributed by atoms with E-state index in [0.717, 1.165) is 39.1 Å². The minimum Gasteiger partial charge on any atom is -0.497 e. The summed E-state index contributed by atoms with van der Waals surface area (Å²) < 4.78 is 11.5. The van der Waals surface area contributed by atoms with Gasteiger partial charge in [-0.2, -0.15) is 0 Å². The number of ether oxygens (including phenoxy) is 1. The predicted octanol–water partition coefficient (Wildman–Crippen LogP) is 6.61. The van der Waals surface area contributed by atoms with Crippen molar-refractivity contribution < 1.29 is 9.15 Å². The van der Waals surface area contributed by atoms with Crippen molar-refractivity contribution in [2.45, 2.75) is 13.8 Å². The van der Waals surface area contributed by atoms with E-state index in [9.17, 15) is 0 Å². The highest BCUT2D eigenvalue weighted by molar-refractivity contribution is 6.30. The van der Waals surface area contributed by atoms with E-state index in [1.165, 1.54) is 11.1 Å². The highest BCUT2D eigenvalue weighted by Crippen LogP contribution is 2.26. The van der Waals surface area contributed by atoms with Crippen LogP contribution in [-0.4, -0.2) is 7.11 Å². The molecule has 0 aliphatic heterocycles. The summed E-state index contributed by atoms with van der Waals surface area (Å²) in [5.74, 6) is 1.50. The van der Waals surface area contributed by atoms with E-state index in [4.69, 9.17) is 25.7 Å². The van der Waals surface area contributed by atoms with Crippen LogP contribution in [0.2, 0.25) is 5.02 Å². The molecule has 0 atom stereocenters. The van der Waals surface area contributed by atoms with Crippen LogP contribution >= 0.6 is 11.6 Å². The maximum atomic E-state index is 6.15. The lowest BCUT2D eigenvalue weighted by atomic mass is 10.1. The van der Waals surface area contributed by atoms with Crippen molar-refractivity contribution in [2.75, 3.05) is 7.11 Å². The molecule has 0 N–H and O–H groups in total. The van der Waals surface area contributed by atoms with Gasteiger partial charge in [0.05, 0.1) is 18.2 Å². The maximum absolute atomic E-state index is 6.15. The van der Waals surface area contributed by atoms with E-state index in [1.54, 1.807) is 7.11 Å². The second-order valence-corrected chi connectivity index (χ2v) is 7.18. The monoisotopic (exact) mass is 389 g/mol. The number of halogens is 1. The van der Waals surface area contributed by atoms with Gasteiger partial charge in [0.2, 0.25) is 0 Å². The lowest BCUT2D eigenvalue weighted by Crippen LogP contribution is -2.03. The Morgan fingerprint density at radius 1 is 0.857 bits per heavy atom. The topological polar surface area (TPSA) is 34.7 Å². The van der Waals surface area contributed by atoms with Crippen LogP contribution < -0.4 is 10.1 Å². The van der Waals surface area contributed by atoms with Crippen molar-refractivity contribution in [1.82, 2.24) is 0 Å². The minimum atomic E-state index is 0.689. The first-order valence-corrected chi connectivity index (χ1v) is 9.41. The Morgan fingerprint density at radius 2 is 1.64 bits per heavy atom. The van der Waals surface area contributed by atoms with E-state index in [0.29, 0.717) is 5.02 Å². The van der Waals surface area contributed by atoms with Gasteiger partial charge in [-0.15, -0.1) is 0 Å². The number of hydrogen-bond acceptors (Lipinski definition) is 3. The van der Waals surface area contributed by atoms with Crippen LogP contribution in [0, 0.1) is 13.8 Å². The zero-order valence-electron chi connectivity index (χ0n) is 16.0. The van der Waals surface area contributed by atoms with Gasteiger partial charge in [-0.3, -0.25) is 0 Å². The SMILES string of the molecule is COc1ccc2oc(-c3ccc(Cl)cc3)cc(=Nc3ccc(C)c(C)c3)c2c1. The maximum Gasteiger partial charge on any atom is 0.137 e. The van der Waals surface area contributed by atoms with Crippen molar-refractivity contribution in [3.8, 4) is 17.1 Å². The lowest BCUT2D eigenvalue weighted by Gasteiger charge is -2.07.